The molecule has 0 amide bonds. The fraction of sp³-hybridized carbons (Fsp3) is 0.600. The van der Waals surface area contributed by atoms with Crippen molar-refractivity contribution in [3.8, 4) is 0 Å². The summed E-state index contributed by atoms with van der Waals surface area (Å²) in [5.41, 5.74) is 2.19. The van der Waals surface area contributed by atoms with Crippen LogP contribution in [0.3, 0.4) is 0 Å². The van der Waals surface area contributed by atoms with Crippen LogP contribution in [0.5, 0.6) is 0 Å². The highest BCUT2D eigenvalue weighted by molar-refractivity contribution is 5.99. The molecule has 4 heteroatoms. The summed E-state index contributed by atoms with van der Waals surface area (Å²) < 4.78 is 5.32. The molecule has 1 heterocycles. The normalized spacial score (nSPS) is 42.1. The van der Waals surface area contributed by atoms with Gasteiger partial charge in [-0.2, -0.15) is 0 Å². The Hall–Kier alpha value is -1.42. The maximum absolute atomic E-state index is 11.9. The minimum atomic E-state index is -0.745. The van der Waals surface area contributed by atoms with Crippen LogP contribution in [0.15, 0.2) is 23.3 Å². The van der Waals surface area contributed by atoms with Crippen LogP contribution >= 0.6 is 0 Å². The fourth-order valence-corrected chi connectivity index (χ4v) is 3.94. The average molecular weight is 262 g/mol. The second kappa shape index (κ2) is 4.04. The van der Waals surface area contributed by atoms with Gasteiger partial charge in [0.1, 0.15) is 6.10 Å². The van der Waals surface area contributed by atoms with Crippen molar-refractivity contribution >= 4 is 11.8 Å². The first-order valence-corrected chi connectivity index (χ1v) is 6.73. The van der Waals surface area contributed by atoms with Crippen molar-refractivity contribution in [3.63, 3.8) is 0 Å². The van der Waals surface area contributed by atoms with Crippen molar-refractivity contribution in [1.29, 1.82) is 0 Å². The van der Waals surface area contributed by atoms with E-state index < -0.39 is 12.1 Å². The molecule has 3 rings (SSSR count). The number of hydrogen-bond donors (Lipinski definition) is 1. The Labute approximate surface area is 112 Å². The van der Waals surface area contributed by atoms with E-state index in [-0.39, 0.29) is 29.6 Å². The van der Waals surface area contributed by atoms with Gasteiger partial charge in [0.25, 0.3) is 0 Å². The van der Waals surface area contributed by atoms with Gasteiger partial charge in [-0.1, -0.05) is 19.1 Å². The van der Waals surface area contributed by atoms with E-state index in [0.29, 0.717) is 18.4 Å². The van der Waals surface area contributed by atoms with Crippen molar-refractivity contribution in [2.45, 2.75) is 38.9 Å². The molecular formula is C15H18O4. The molecule has 2 fully saturated rings. The highest BCUT2D eigenvalue weighted by Gasteiger charge is 2.51. The molecule has 1 N–H and O–H groups in total. The van der Waals surface area contributed by atoms with E-state index in [1.54, 1.807) is 0 Å². The zero-order valence-electron chi connectivity index (χ0n) is 11.2. The fourth-order valence-electron chi connectivity index (χ4n) is 3.94. The van der Waals surface area contributed by atoms with E-state index in [1.165, 1.54) is 0 Å². The van der Waals surface area contributed by atoms with Gasteiger partial charge >= 0.3 is 5.97 Å². The molecule has 3 aliphatic rings. The topological polar surface area (TPSA) is 63.6 Å². The molecule has 0 aromatic heterocycles. The average Bonchev–Trinajstić information content (AvgIpc) is 2.75. The maximum atomic E-state index is 11.9. The Bertz CT molecular complexity index is 516. The monoisotopic (exact) mass is 262 g/mol. The summed E-state index contributed by atoms with van der Waals surface area (Å²) >= 11 is 0. The van der Waals surface area contributed by atoms with Gasteiger partial charge in [0.05, 0.1) is 12.0 Å². The molecule has 1 saturated heterocycles. The predicted molar refractivity (Wildman–Crippen MR) is 68.1 cm³/mol. The second-order valence-electron chi connectivity index (χ2n) is 5.94. The molecule has 0 bridgehead atoms. The summed E-state index contributed by atoms with van der Waals surface area (Å²) in [6, 6.07) is 0. The number of aliphatic hydroxyl groups excluding tert-OH is 1. The number of aliphatic hydroxyl groups is 1. The van der Waals surface area contributed by atoms with E-state index in [2.05, 4.69) is 6.58 Å². The van der Waals surface area contributed by atoms with E-state index in [1.807, 2.05) is 13.8 Å². The molecule has 0 radical (unpaired) electrons. The molecule has 5 atom stereocenters. The Kier molecular flexibility index (Phi) is 2.68. The lowest BCUT2D eigenvalue weighted by Crippen LogP contribution is -2.32. The van der Waals surface area contributed by atoms with E-state index in [4.69, 9.17) is 4.74 Å². The molecule has 102 valence electrons. The zero-order chi connectivity index (χ0) is 13.9. The summed E-state index contributed by atoms with van der Waals surface area (Å²) in [5.74, 6) is -0.686. The van der Waals surface area contributed by atoms with E-state index in [0.717, 1.165) is 11.1 Å². The van der Waals surface area contributed by atoms with Crippen molar-refractivity contribution in [3.05, 3.63) is 23.3 Å². The largest absolute Gasteiger partial charge is 0.458 e. The number of rotatable bonds is 0. The predicted octanol–water partition coefficient (Wildman–Crippen LogP) is 1.39. The van der Waals surface area contributed by atoms with E-state index >= 15 is 0 Å². The number of ether oxygens (including phenoxy) is 1. The molecule has 0 unspecified atom stereocenters. The van der Waals surface area contributed by atoms with Crippen molar-refractivity contribution < 1.29 is 19.4 Å². The molecule has 0 aromatic rings. The van der Waals surface area contributed by atoms with Crippen LogP contribution in [0, 0.1) is 17.8 Å². The summed E-state index contributed by atoms with van der Waals surface area (Å²) in [7, 11) is 0. The first-order chi connectivity index (χ1) is 8.91. The van der Waals surface area contributed by atoms with Gasteiger partial charge in [0, 0.05) is 17.9 Å². The lowest BCUT2D eigenvalue weighted by atomic mass is 9.83. The Balaban J connectivity index is 2.05. The molecule has 1 aliphatic heterocycles. The van der Waals surface area contributed by atoms with Crippen LogP contribution in [0.25, 0.3) is 0 Å². The summed E-state index contributed by atoms with van der Waals surface area (Å²) in [6.07, 6.45) is -0.0448. The lowest BCUT2D eigenvalue weighted by molar-refractivity contribution is -0.140. The lowest BCUT2D eigenvalue weighted by Gasteiger charge is -2.24. The highest BCUT2D eigenvalue weighted by Crippen LogP contribution is 2.48. The second-order valence-corrected chi connectivity index (χ2v) is 5.94. The number of esters is 1. The SMILES string of the molecule is C=C1C(=O)O[C@@H]2C[C@@H](C)C3=C(C)C(=O)C[C@@H]3[C@@H](O)[C@H]12. The maximum Gasteiger partial charge on any atom is 0.334 e. The Morgan fingerprint density at radius 1 is 1.37 bits per heavy atom. The minimum absolute atomic E-state index is 0.111. The number of allylic oxidation sites excluding steroid dienone is 1. The Morgan fingerprint density at radius 2 is 2.05 bits per heavy atom. The minimum Gasteiger partial charge on any atom is -0.458 e. The van der Waals surface area contributed by atoms with Gasteiger partial charge in [-0.3, -0.25) is 4.79 Å². The number of ketones is 1. The summed E-state index contributed by atoms with van der Waals surface area (Å²) in [5, 5.41) is 10.6. The van der Waals surface area contributed by atoms with Gasteiger partial charge in [0.2, 0.25) is 0 Å². The third-order valence-electron chi connectivity index (χ3n) is 4.88. The smallest absolute Gasteiger partial charge is 0.334 e. The van der Waals surface area contributed by atoms with Gasteiger partial charge in [-0.15, -0.1) is 0 Å². The third kappa shape index (κ3) is 1.62. The molecule has 1 saturated carbocycles. The summed E-state index contributed by atoms with van der Waals surface area (Å²) in [4.78, 5) is 23.5. The van der Waals surface area contributed by atoms with Gasteiger partial charge < -0.3 is 9.84 Å². The van der Waals surface area contributed by atoms with Gasteiger partial charge in [0.15, 0.2) is 5.78 Å². The molecule has 2 aliphatic carbocycles. The highest BCUT2D eigenvalue weighted by atomic mass is 16.6. The quantitative estimate of drug-likeness (QED) is 0.529. The van der Waals surface area contributed by atoms with Crippen molar-refractivity contribution in [1.82, 2.24) is 0 Å². The third-order valence-corrected chi connectivity index (χ3v) is 4.88. The first kappa shape index (κ1) is 12.6. The van der Waals surface area contributed by atoms with Crippen LogP contribution in [0.1, 0.15) is 26.7 Å². The molecule has 0 spiro atoms. The molecule has 4 nitrogen and oxygen atoms in total. The van der Waals surface area contributed by atoms with Crippen LogP contribution in [-0.2, 0) is 14.3 Å². The molecule has 19 heavy (non-hydrogen) atoms. The number of hydrogen-bond acceptors (Lipinski definition) is 4. The van der Waals surface area contributed by atoms with Crippen LogP contribution in [-0.4, -0.2) is 29.1 Å². The standard InChI is InChI=1S/C15H18O4/c1-6-4-11-13(8(3)15(18)19-11)14(17)9-5-10(16)7(2)12(6)9/h6,9,11,13-14,17H,3-5H2,1-2H3/t6-,9+,11-,13-,14-/m1/s1. The van der Waals surface area contributed by atoms with Crippen molar-refractivity contribution in [2.75, 3.05) is 0 Å². The number of Topliss-reactive ketones (excluding diaryl/α,β-unsaturated/α-hetero) is 1. The Morgan fingerprint density at radius 3 is 2.74 bits per heavy atom. The number of carbonyl (C=O) groups excluding carboxylic acids is 2. The molecule has 0 aromatic carbocycles. The van der Waals surface area contributed by atoms with Crippen LogP contribution < -0.4 is 0 Å². The summed E-state index contributed by atoms with van der Waals surface area (Å²) in [6.45, 7) is 7.63. The van der Waals surface area contributed by atoms with Crippen molar-refractivity contribution in [2.24, 2.45) is 17.8 Å². The number of carbonyl (C=O) groups is 2. The van der Waals surface area contributed by atoms with Gasteiger partial charge in [-0.05, 0) is 24.8 Å². The first-order valence-electron chi connectivity index (χ1n) is 6.73. The van der Waals surface area contributed by atoms with Gasteiger partial charge in [-0.25, -0.2) is 4.79 Å². The molecular weight excluding hydrogens is 244 g/mol. The zero-order valence-corrected chi connectivity index (χ0v) is 11.2. The van der Waals surface area contributed by atoms with Crippen LogP contribution in [0.2, 0.25) is 0 Å². The van der Waals surface area contributed by atoms with Crippen LogP contribution in [0.4, 0.5) is 0 Å². The van der Waals surface area contributed by atoms with E-state index in [9.17, 15) is 14.7 Å². The number of fused-ring (bicyclic) bond motifs is 2.